The Morgan fingerprint density at radius 1 is 0.793 bits per heavy atom. The van der Waals surface area contributed by atoms with E-state index in [4.69, 9.17) is 0 Å². The molecule has 0 unspecified atom stereocenters. The third-order valence-electron chi connectivity index (χ3n) is 6.48. The molecule has 0 saturated carbocycles. The minimum Gasteiger partial charge on any atom is -0.360 e. The van der Waals surface area contributed by atoms with E-state index in [1.165, 1.54) is 50.6 Å². The van der Waals surface area contributed by atoms with E-state index < -0.39 is 0 Å². The zero-order valence-corrected chi connectivity index (χ0v) is 16.2. The lowest BCUT2D eigenvalue weighted by molar-refractivity contribution is -0.671. The predicted octanol–water partition coefficient (Wildman–Crippen LogP) is 4.31. The molecule has 0 N–H and O–H groups in total. The minimum absolute atomic E-state index is 0.130. The molecule has 3 aliphatic heterocycles. The maximum atomic E-state index is 2.53. The van der Waals surface area contributed by atoms with Crippen molar-refractivity contribution < 1.29 is 4.57 Å². The summed E-state index contributed by atoms with van der Waals surface area (Å²) in [6.45, 7) is 3.31. The van der Waals surface area contributed by atoms with Crippen molar-refractivity contribution >= 4 is 35.2 Å². The number of pyridine rings is 1. The maximum Gasteiger partial charge on any atom is 0.421 e. The minimum atomic E-state index is 0.130. The highest BCUT2D eigenvalue weighted by atomic mass is 15.3. The smallest absolute Gasteiger partial charge is 0.360 e. The largest absolute Gasteiger partial charge is 0.421 e. The lowest BCUT2D eigenvalue weighted by atomic mass is 9.59. The van der Waals surface area contributed by atoms with Gasteiger partial charge in [0.2, 0.25) is 5.69 Å². The Hall–Kier alpha value is -3.53. The molecule has 0 fully saturated rings. The second-order valence-corrected chi connectivity index (χ2v) is 8.20. The van der Waals surface area contributed by atoms with Gasteiger partial charge in [0.25, 0.3) is 0 Å². The molecule has 0 spiro atoms. The fraction of sp³-hybridized carbons (Fsp3) is 0.0800. The number of benzene rings is 3. The van der Waals surface area contributed by atoms with Gasteiger partial charge in [0.05, 0.1) is 16.9 Å². The van der Waals surface area contributed by atoms with Crippen molar-refractivity contribution in [1.82, 2.24) is 0 Å². The standard InChI is InChI=1S/C25H19BN3/c1-17-14-18-16-27-13-7-12-23-25(27)24(18)20(15-17)26-28(19-8-3-2-4-9-19)21-10-5-6-11-22(21)29(23)26/h2-15H,16H2,1H3/q+1. The van der Waals surface area contributed by atoms with Gasteiger partial charge in [-0.15, -0.1) is 0 Å². The summed E-state index contributed by atoms with van der Waals surface area (Å²) in [5.41, 5.74) is 12.0. The van der Waals surface area contributed by atoms with Crippen LogP contribution in [0.15, 0.2) is 85.1 Å². The van der Waals surface area contributed by atoms with E-state index in [0.29, 0.717) is 0 Å². The van der Waals surface area contributed by atoms with Crippen molar-refractivity contribution in [3.05, 3.63) is 96.2 Å². The number of aryl methyl sites for hydroxylation is 1. The highest BCUT2D eigenvalue weighted by Crippen LogP contribution is 2.51. The van der Waals surface area contributed by atoms with Gasteiger partial charge in [0, 0.05) is 17.3 Å². The van der Waals surface area contributed by atoms with E-state index in [0.717, 1.165) is 6.54 Å². The van der Waals surface area contributed by atoms with Gasteiger partial charge in [0.15, 0.2) is 12.7 Å². The third kappa shape index (κ3) is 1.86. The molecule has 3 aliphatic rings. The van der Waals surface area contributed by atoms with Gasteiger partial charge in [-0.05, 0) is 48.8 Å². The van der Waals surface area contributed by atoms with Crippen LogP contribution in [0.3, 0.4) is 0 Å². The number of para-hydroxylation sites is 3. The molecule has 0 aliphatic carbocycles. The van der Waals surface area contributed by atoms with Gasteiger partial charge in [-0.25, -0.2) is 0 Å². The van der Waals surface area contributed by atoms with Gasteiger partial charge in [-0.3, -0.25) is 0 Å². The first-order valence-corrected chi connectivity index (χ1v) is 10.2. The average molecular weight is 372 g/mol. The van der Waals surface area contributed by atoms with Crippen molar-refractivity contribution in [3.8, 4) is 11.3 Å². The van der Waals surface area contributed by atoms with Gasteiger partial charge < -0.3 is 9.62 Å². The Bertz CT molecular complexity index is 1320. The monoisotopic (exact) mass is 372 g/mol. The quantitative estimate of drug-likeness (QED) is 0.321. The first-order valence-electron chi connectivity index (χ1n) is 10.2. The topological polar surface area (TPSA) is 10.4 Å². The van der Waals surface area contributed by atoms with E-state index in [1.54, 1.807) is 0 Å². The SMILES string of the molecule is Cc1cc2c3c(c1)B1N(c4ccccc4)c4ccccc4N1c1ccc[n+](c1-3)C2. The number of anilines is 4. The summed E-state index contributed by atoms with van der Waals surface area (Å²) in [4.78, 5) is 5.04. The van der Waals surface area contributed by atoms with Gasteiger partial charge in [-0.2, -0.15) is 4.57 Å². The summed E-state index contributed by atoms with van der Waals surface area (Å²) in [5.74, 6) is 0. The normalized spacial score (nSPS) is 14.7. The Kier molecular flexibility index (Phi) is 2.81. The molecule has 29 heavy (non-hydrogen) atoms. The Morgan fingerprint density at radius 2 is 1.52 bits per heavy atom. The number of hydrogen-bond donors (Lipinski definition) is 0. The average Bonchev–Trinajstić information content (AvgIpc) is 3.29. The third-order valence-corrected chi connectivity index (χ3v) is 6.48. The molecule has 0 atom stereocenters. The lowest BCUT2D eigenvalue weighted by Gasteiger charge is -2.34. The van der Waals surface area contributed by atoms with Crippen LogP contribution < -0.4 is 19.7 Å². The lowest BCUT2D eigenvalue weighted by Crippen LogP contribution is -2.56. The summed E-state index contributed by atoms with van der Waals surface area (Å²) in [6, 6.07) is 28.8. The number of rotatable bonds is 1. The maximum absolute atomic E-state index is 2.53. The van der Waals surface area contributed by atoms with Gasteiger partial charge in [0.1, 0.15) is 5.69 Å². The van der Waals surface area contributed by atoms with Crippen molar-refractivity contribution in [2.24, 2.45) is 0 Å². The zero-order valence-electron chi connectivity index (χ0n) is 16.2. The molecule has 0 saturated heterocycles. The first-order chi connectivity index (χ1) is 14.3. The summed E-state index contributed by atoms with van der Waals surface area (Å²) in [7, 11) is 0. The second kappa shape index (κ2) is 5.29. The Balaban J connectivity index is 1.61. The van der Waals surface area contributed by atoms with Crippen LogP contribution in [0.5, 0.6) is 0 Å². The summed E-state index contributed by atoms with van der Waals surface area (Å²) >= 11 is 0. The Labute approximate surface area is 170 Å². The summed E-state index contributed by atoms with van der Waals surface area (Å²) in [6.07, 6.45) is 2.22. The number of fused-ring (bicyclic) bond motifs is 5. The van der Waals surface area contributed by atoms with E-state index in [2.05, 4.69) is 106 Å². The fourth-order valence-corrected chi connectivity index (χ4v) is 5.49. The molecule has 136 valence electrons. The number of aromatic nitrogens is 1. The van der Waals surface area contributed by atoms with E-state index in [-0.39, 0.29) is 6.98 Å². The van der Waals surface area contributed by atoms with E-state index in [1.807, 2.05) is 0 Å². The molecule has 4 heterocycles. The van der Waals surface area contributed by atoms with Gasteiger partial charge >= 0.3 is 6.98 Å². The molecule has 1 aromatic heterocycles. The van der Waals surface area contributed by atoms with Crippen LogP contribution in [-0.2, 0) is 6.54 Å². The van der Waals surface area contributed by atoms with Crippen molar-refractivity contribution in [2.75, 3.05) is 9.62 Å². The highest BCUT2D eigenvalue weighted by Gasteiger charge is 2.52. The molecule has 0 amide bonds. The van der Waals surface area contributed by atoms with Crippen LogP contribution in [-0.4, -0.2) is 6.98 Å². The van der Waals surface area contributed by atoms with Crippen LogP contribution in [0.4, 0.5) is 22.7 Å². The molecular formula is C25H19BN3+. The molecule has 4 aromatic rings. The Morgan fingerprint density at radius 3 is 2.34 bits per heavy atom. The van der Waals surface area contributed by atoms with Crippen LogP contribution >= 0.6 is 0 Å². The molecule has 4 heteroatoms. The first kappa shape index (κ1) is 15.4. The van der Waals surface area contributed by atoms with Crippen molar-refractivity contribution in [1.29, 1.82) is 0 Å². The molecule has 3 aromatic carbocycles. The molecule has 7 rings (SSSR count). The van der Waals surface area contributed by atoms with E-state index >= 15 is 0 Å². The fourth-order valence-electron chi connectivity index (χ4n) is 5.49. The number of nitrogens with zero attached hydrogens (tertiary/aromatic N) is 3. The van der Waals surface area contributed by atoms with Crippen LogP contribution in [0.25, 0.3) is 11.3 Å². The van der Waals surface area contributed by atoms with Crippen LogP contribution in [0.2, 0.25) is 0 Å². The molecular weight excluding hydrogens is 353 g/mol. The van der Waals surface area contributed by atoms with Gasteiger partial charge in [-0.1, -0.05) is 42.0 Å². The van der Waals surface area contributed by atoms with Crippen molar-refractivity contribution in [2.45, 2.75) is 13.5 Å². The van der Waals surface area contributed by atoms with Crippen molar-refractivity contribution in [3.63, 3.8) is 0 Å². The molecule has 3 nitrogen and oxygen atoms in total. The van der Waals surface area contributed by atoms with Crippen LogP contribution in [0, 0.1) is 6.92 Å². The number of hydrogen-bond acceptors (Lipinski definition) is 2. The molecule has 0 radical (unpaired) electrons. The highest BCUT2D eigenvalue weighted by molar-refractivity contribution is 6.86. The molecule has 0 bridgehead atoms. The van der Waals surface area contributed by atoms with E-state index in [9.17, 15) is 0 Å². The second-order valence-electron chi connectivity index (χ2n) is 8.20. The zero-order chi connectivity index (χ0) is 19.1. The van der Waals surface area contributed by atoms with Crippen LogP contribution in [0.1, 0.15) is 11.1 Å². The summed E-state index contributed by atoms with van der Waals surface area (Å²) in [5, 5.41) is 0. The summed E-state index contributed by atoms with van der Waals surface area (Å²) < 4.78 is 2.41. The predicted molar refractivity (Wildman–Crippen MR) is 118 cm³/mol.